The number of aromatic nitrogens is 2. The van der Waals surface area contributed by atoms with Crippen LogP contribution in [-0.4, -0.2) is 30.8 Å². The Hall–Kier alpha value is -2.19. The highest BCUT2D eigenvalue weighted by Gasteiger charge is 2.17. The van der Waals surface area contributed by atoms with E-state index in [0.29, 0.717) is 12.2 Å². The Morgan fingerprint density at radius 2 is 2.04 bits per heavy atom. The molecule has 0 unspecified atom stereocenters. The van der Waals surface area contributed by atoms with Crippen molar-refractivity contribution in [1.82, 2.24) is 14.7 Å². The van der Waals surface area contributed by atoms with Gasteiger partial charge in [0.05, 0.1) is 6.20 Å². The maximum absolute atomic E-state index is 12.1. The molecule has 0 aliphatic rings. The first-order valence-corrected chi connectivity index (χ1v) is 9.21. The summed E-state index contributed by atoms with van der Waals surface area (Å²) in [5, 5.41) is 2.79. The number of nitrogens with one attached hydrogen (secondary N) is 3. The number of sulfonamides is 1. The van der Waals surface area contributed by atoms with Gasteiger partial charge in [0.25, 0.3) is 10.0 Å². The Morgan fingerprint density at radius 1 is 1.29 bits per heavy atom. The average Bonchev–Trinajstić information content (AvgIpc) is 3.00. The van der Waals surface area contributed by atoms with Crippen molar-refractivity contribution in [3.8, 4) is 0 Å². The summed E-state index contributed by atoms with van der Waals surface area (Å²) in [7, 11) is -3.68. The number of aromatic amines is 1. The fourth-order valence-electron chi connectivity index (χ4n) is 2.20. The third-order valence-electron chi connectivity index (χ3n) is 3.53. The van der Waals surface area contributed by atoms with Gasteiger partial charge in [-0.3, -0.25) is 4.79 Å². The summed E-state index contributed by atoms with van der Waals surface area (Å²) in [5.41, 5.74) is 2.81. The lowest BCUT2D eigenvalue weighted by Gasteiger charge is -2.09. The van der Waals surface area contributed by atoms with Crippen LogP contribution < -0.4 is 10.0 Å². The van der Waals surface area contributed by atoms with Crippen LogP contribution in [0.3, 0.4) is 0 Å². The Kier molecular flexibility index (Phi) is 5.74. The van der Waals surface area contributed by atoms with Crippen LogP contribution in [0.25, 0.3) is 0 Å². The van der Waals surface area contributed by atoms with E-state index in [4.69, 9.17) is 0 Å². The minimum Gasteiger partial charge on any atom is -0.332 e. The molecule has 24 heavy (non-hydrogen) atoms. The van der Waals surface area contributed by atoms with Crippen molar-refractivity contribution in [3.63, 3.8) is 0 Å². The molecule has 0 bridgehead atoms. The summed E-state index contributed by atoms with van der Waals surface area (Å²) in [5.74, 6) is 0.353. The first kappa shape index (κ1) is 18.2. The van der Waals surface area contributed by atoms with E-state index in [1.165, 1.54) is 6.20 Å². The molecule has 8 heteroatoms. The lowest BCUT2D eigenvalue weighted by molar-refractivity contribution is -0.116. The summed E-state index contributed by atoms with van der Waals surface area (Å²) in [6.45, 7) is 5.78. The van der Waals surface area contributed by atoms with Crippen LogP contribution in [0, 0.1) is 13.8 Å². The molecule has 2 rings (SSSR count). The fourth-order valence-corrected chi connectivity index (χ4v) is 3.17. The highest BCUT2D eigenvalue weighted by molar-refractivity contribution is 7.89. The number of benzene rings is 1. The van der Waals surface area contributed by atoms with E-state index in [-0.39, 0.29) is 23.9 Å². The van der Waals surface area contributed by atoms with Gasteiger partial charge >= 0.3 is 0 Å². The van der Waals surface area contributed by atoms with Crippen LogP contribution in [0.4, 0.5) is 5.69 Å². The molecule has 2 aromatic rings. The third-order valence-corrected chi connectivity index (χ3v) is 4.90. The molecule has 0 aliphatic carbocycles. The van der Waals surface area contributed by atoms with Crippen molar-refractivity contribution >= 4 is 21.6 Å². The number of aryl methyl sites for hydroxylation is 3. The van der Waals surface area contributed by atoms with Gasteiger partial charge in [-0.05, 0) is 25.5 Å². The minimum atomic E-state index is -3.68. The highest BCUT2D eigenvalue weighted by Crippen LogP contribution is 2.16. The van der Waals surface area contributed by atoms with Crippen LogP contribution in [0.15, 0.2) is 29.4 Å². The zero-order valence-electron chi connectivity index (χ0n) is 14.0. The smallest absolute Gasteiger partial charge is 0.257 e. The second-order valence-corrected chi connectivity index (χ2v) is 7.30. The van der Waals surface area contributed by atoms with E-state index in [0.717, 1.165) is 16.8 Å². The van der Waals surface area contributed by atoms with Gasteiger partial charge in [0.15, 0.2) is 5.03 Å². The Bertz CT molecular complexity index is 828. The average molecular weight is 350 g/mol. The van der Waals surface area contributed by atoms with Gasteiger partial charge in [-0.15, -0.1) is 0 Å². The number of nitrogens with zero attached hydrogens (tertiary/aromatic N) is 1. The first-order valence-electron chi connectivity index (χ1n) is 7.72. The zero-order valence-corrected chi connectivity index (χ0v) is 14.8. The number of carbonyl (C=O) groups is 1. The molecule has 1 heterocycles. The van der Waals surface area contributed by atoms with Crippen LogP contribution in [0.5, 0.6) is 0 Å². The summed E-state index contributed by atoms with van der Waals surface area (Å²) >= 11 is 0. The van der Waals surface area contributed by atoms with Gasteiger partial charge in [0.1, 0.15) is 5.82 Å². The number of H-pyrrole nitrogens is 1. The highest BCUT2D eigenvalue weighted by atomic mass is 32.2. The number of carbonyl (C=O) groups excluding carboxylic acids is 1. The quantitative estimate of drug-likeness (QED) is 0.709. The normalized spacial score (nSPS) is 11.5. The molecule has 1 aromatic carbocycles. The molecule has 1 amide bonds. The molecule has 0 spiro atoms. The van der Waals surface area contributed by atoms with E-state index in [1.807, 2.05) is 39.0 Å². The van der Waals surface area contributed by atoms with E-state index in [9.17, 15) is 13.2 Å². The summed E-state index contributed by atoms with van der Waals surface area (Å²) in [4.78, 5) is 18.7. The lowest BCUT2D eigenvalue weighted by atomic mass is 10.1. The van der Waals surface area contributed by atoms with Crippen LogP contribution in [0.1, 0.15) is 30.3 Å². The monoisotopic (exact) mass is 350 g/mol. The molecule has 0 saturated heterocycles. The second kappa shape index (κ2) is 7.59. The minimum absolute atomic E-state index is 0.00846. The Labute approximate surface area is 141 Å². The SMILES string of the molecule is CCc1ncc(S(=O)(=O)NCCC(=O)Nc2ccc(C)cc2C)[nH]1. The van der Waals surface area contributed by atoms with Gasteiger partial charge in [-0.25, -0.2) is 18.1 Å². The van der Waals surface area contributed by atoms with Gasteiger partial charge in [0, 0.05) is 25.1 Å². The summed E-state index contributed by atoms with van der Waals surface area (Å²) in [6, 6.07) is 5.72. The molecule has 0 fully saturated rings. The number of hydrogen-bond acceptors (Lipinski definition) is 4. The van der Waals surface area contributed by atoms with Crippen molar-refractivity contribution in [2.24, 2.45) is 0 Å². The largest absolute Gasteiger partial charge is 0.332 e. The number of rotatable bonds is 7. The molecular weight excluding hydrogens is 328 g/mol. The van der Waals surface area contributed by atoms with Crippen molar-refractivity contribution in [3.05, 3.63) is 41.3 Å². The maximum Gasteiger partial charge on any atom is 0.257 e. The predicted molar refractivity (Wildman–Crippen MR) is 92.3 cm³/mol. The van der Waals surface area contributed by atoms with Gasteiger partial charge in [-0.2, -0.15) is 0 Å². The summed E-state index contributed by atoms with van der Waals surface area (Å²) in [6.07, 6.45) is 1.94. The number of hydrogen-bond donors (Lipinski definition) is 3. The topological polar surface area (TPSA) is 104 Å². The maximum atomic E-state index is 12.1. The van der Waals surface area contributed by atoms with Crippen LogP contribution in [-0.2, 0) is 21.2 Å². The summed E-state index contributed by atoms with van der Waals surface area (Å²) < 4.78 is 26.6. The second-order valence-electron chi connectivity index (χ2n) is 5.56. The Morgan fingerprint density at radius 3 is 2.67 bits per heavy atom. The van der Waals surface area contributed by atoms with Crippen LogP contribution in [0.2, 0.25) is 0 Å². The van der Waals surface area contributed by atoms with Crippen molar-refractivity contribution in [2.45, 2.75) is 38.6 Å². The molecule has 7 nitrogen and oxygen atoms in total. The van der Waals surface area contributed by atoms with Crippen LogP contribution >= 0.6 is 0 Å². The molecule has 0 atom stereocenters. The lowest BCUT2D eigenvalue weighted by Crippen LogP contribution is -2.28. The Balaban J connectivity index is 1.87. The molecule has 0 aliphatic heterocycles. The zero-order chi connectivity index (χ0) is 17.7. The van der Waals surface area contributed by atoms with Crippen molar-refractivity contribution in [1.29, 1.82) is 0 Å². The van der Waals surface area contributed by atoms with E-state index >= 15 is 0 Å². The molecule has 0 radical (unpaired) electrons. The molecule has 130 valence electrons. The third kappa shape index (κ3) is 4.65. The predicted octanol–water partition coefficient (Wildman–Crippen LogP) is 1.90. The number of imidazole rings is 1. The number of anilines is 1. The molecule has 0 saturated carbocycles. The molecular formula is C16H22N4O3S. The van der Waals surface area contributed by atoms with E-state index < -0.39 is 10.0 Å². The standard InChI is InChI=1S/C16H22N4O3S/c1-4-14-17-10-16(20-14)24(22,23)18-8-7-15(21)19-13-6-5-11(2)9-12(13)3/h5-6,9-10,18H,4,7-8H2,1-3H3,(H,17,20)(H,19,21). The molecule has 1 aromatic heterocycles. The van der Waals surface area contributed by atoms with Gasteiger partial charge in [-0.1, -0.05) is 24.6 Å². The van der Waals surface area contributed by atoms with Crippen molar-refractivity contribution < 1.29 is 13.2 Å². The van der Waals surface area contributed by atoms with E-state index in [1.54, 1.807) is 0 Å². The fraction of sp³-hybridized carbons (Fsp3) is 0.375. The van der Waals surface area contributed by atoms with E-state index in [2.05, 4.69) is 20.0 Å². The first-order chi connectivity index (χ1) is 11.3. The van der Waals surface area contributed by atoms with Gasteiger partial charge < -0.3 is 10.3 Å². The molecule has 3 N–H and O–H groups in total. The van der Waals surface area contributed by atoms with Crippen molar-refractivity contribution in [2.75, 3.05) is 11.9 Å². The van der Waals surface area contributed by atoms with Gasteiger partial charge in [0.2, 0.25) is 5.91 Å². The number of amides is 1.